The van der Waals surface area contributed by atoms with Gasteiger partial charge in [-0.25, -0.2) is 17.2 Å². The van der Waals surface area contributed by atoms with E-state index in [2.05, 4.69) is 10.1 Å². The molecule has 1 N–H and O–H groups in total. The van der Waals surface area contributed by atoms with E-state index < -0.39 is 63.2 Å². The van der Waals surface area contributed by atoms with Gasteiger partial charge in [-0.2, -0.15) is 18.2 Å². The number of carboxylic acid groups (broad SMARTS) is 1. The van der Waals surface area contributed by atoms with Crippen molar-refractivity contribution in [2.75, 3.05) is 10.8 Å². The third-order valence-corrected chi connectivity index (χ3v) is 8.68. The molecule has 2 aromatic carbocycles. The number of aromatic nitrogens is 2. The van der Waals surface area contributed by atoms with E-state index in [1.807, 2.05) is 0 Å². The van der Waals surface area contributed by atoms with Gasteiger partial charge in [-0.3, -0.25) is 9.10 Å². The van der Waals surface area contributed by atoms with E-state index in [0.29, 0.717) is 6.07 Å². The summed E-state index contributed by atoms with van der Waals surface area (Å²) in [6.07, 6.45) is -6.36. The van der Waals surface area contributed by atoms with Crippen LogP contribution in [0.5, 0.6) is 5.75 Å². The van der Waals surface area contributed by atoms with Crippen molar-refractivity contribution in [1.82, 2.24) is 10.1 Å². The molecule has 0 bridgehead atoms. The highest BCUT2D eigenvalue weighted by Crippen LogP contribution is 2.42. The first-order valence-electron chi connectivity index (χ1n) is 12.2. The molecule has 2 aliphatic rings. The quantitative estimate of drug-likeness (QED) is 0.316. The zero-order valence-corrected chi connectivity index (χ0v) is 22.6. The van der Waals surface area contributed by atoms with Crippen LogP contribution in [0.3, 0.4) is 0 Å². The van der Waals surface area contributed by atoms with Crippen LogP contribution in [-0.4, -0.2) is 48.5 Å². The van der Waals surface area contributed by atoms with Crippen molar-refractivity contribution in [3.63, 3.8) is 0 Å². The van der Waals surface area contributed by atoms with Gasteiger partial charge >= 0.3 is 12.1 Å². The standard InChI is InChI=1S/C26H19ClF5N3O6S/c27-17-6-7-18(28)23(29)22(17)25-33-24(34-41-25)13-4-8-20-19(10-13)35(12-15(40-20)5-9-21(36)37)42(38,39)16-3-1-2-14(11-16)26(30,31)32/h1-4,6-8,10-11,15,22-23H,5,9,12H2,(H,36,37)/t15-,22?,23?/m0/s1. The summed E-state index contributed by atoms with van der Waals surface area (Å²) in [5.74, 6) is -4.16. The lowest BCUT2D eigenvalue weighted by molar-refractivity contribution is -0.138. The molecular formula is C26H19ClF5N3O6S. The van der Waals surface area contributed by atoms with E-state index in [-0.39, 0.29) is 46.6 Å². The predicted molar refractivity (Wildman–Crippen MR) is 138 cm³/mol. The number of anilines is 1. The number of ether oxygens (including phenoxy) is 1. The van der Waals surface area contributed by atoms with Gasteiger partial charge in [-0.1, -0.05) is 22.8 Å². The van der Waals surface area contributed by atoms with Crippen LogP contribution in [-0.2, 0) is 21.0 Å². The molecule has 16 heteroatoms. The van der Waals surface area contributed by atoms with Crippen molar-refractivity contribution in [1.29, 1.82) is 0 Å². The van der Waals surface area contributed by atoms with Crippen LogP contribution in [0.15, 0.2) is 74.9 Å². The minimum Gasteiger partial charge on any atom is -0.486 e. The van der Waals surface area contributed by atoms with Crippen molar-refractivity contribution in [2.24, 2.45) is 0 Å². The second kappa shape index (κ2) is 11.0. The summed E-state index contributed by atoms with van der Waals surface area (Å²) in [6, 6.07) is 7.21. The highest BCUT2D eigenvalue weighted by atomic mass is 35.5. The van der Waals surface area contributed by atoms with Crippen LogP contribution in [0, 0.1) is 0 Å². The summed E-state index contributed by atoms with van der Waals surface area (Å²) in [5.41, 5.74) is -1.14. The molecule has 0 radical (unpaired) electrons. The molecule has 3 atom stereocenters. The highest BCUT2D eigenvalue weighted by molar-refractivity contribution is 7.92. The summed E-state index contributed by atoms with van der Waals surface area (Å²) in [4.78, 5) is 14.6. The molecule has 3 aromatic rings. The van der Waals surface area contributed by atoms with Crippen LogP contribution in [0.25, 0.3) is 11.4 Å². The lowest BCUT2D eigenvalue weighted by atomic mass is 9.97. The number of halogens is 6. The number of allylic oxidation sites excluding steroid dienone is 4. The van der Waals surface area contributed by atoms with Crippen LogP contribution in [0.2, 0.25) is 0 Å². The molecule has 5 rings (SSSR count). The van der Waals surface area contributed by atoms with Gasteiger partial charge in [0.1, 0.15) is 23.6 Å². The van der Waals surface area contributed by atoms with Gasteiger partial charge in [0.25, 0.3) is 10.0 Å². The average molecular weight is 632 g/mol. The molecule has 42 heavy (non-hydrogen) atoms. The second-order valence-electron chi connectivity index (χ2n) is 9.36. The zero-order valence-electron chi connectivity index (χ0n) is 21.1. The summed E-state index contributed by atoms with van der Waals surface area (Å²) in [7, 11) is -4.64. The summed E-state index contributed by atoms with van der Waals surface area (Å²) < 4.78 is 108. The lowest BCUT2D eigenvalue weighted by Gasteiger charge is -2.35. The smallest absolute Gasteiger partial charge is 0.416 e. The molecule has 2 unspecified atom stereocenters. The maximum atomic E-state index is 14.5. The van der Waals surface area contributed by atoms with E-state index in [1.54, 1.807) is 0 Å². The molecule has 0 spiro atoms. The number of carboxylic acids is 1. The van der Waals surface area contributed by atoms with Gasteiger partial charge in [0.05, 0.1) is 22.7 Å². The number of benzene rings is 2. The molecule has 0 fully saturated rings. The van der Waals surface area contributed by atoms with E-state index in [1.165, 1.54) is 18.2 Å². The Labute approximate surface area is 239 Å². The number of fused-ring (bicyclic) bond motifs is 1. The molecule has 1 aliphatic heterocycles. The Morgan fingerprint density at radius 1 is 1.17 bits per heavy atom. The Hall–Kier alpha value is -3.98. The Bertz CT molecular complexity index is 1710. The molecule has 0 amide bonds. The van der Waals surface area contributed by atoms with Crippen molar-refractivity contribution in [2.45, 2.75) is 42.1 Å². The van der Waals surface area contributed by atoms with Gasteiger partial charge < -0.3 is 14.4 Å². The number of alkyl halides is 4. The van der Waals surface area contributed by atoms with Crippen molar-refractivity contribution < 1.29 is 49.5 Å². The van der Waals surface area contributed by atoms with E-state index >= 15 is 0 Å². The summed E-state index contributed by atoms with van der Waals surface area (Å²) >= 11 is 6.04. The summed E-state index contributed by atoms with van der Waals surface area (Å²) in [5, 5.41) is 12.8. The third-order valence-electron chi connectivity index (χ3n) is 6.54. The van der Waals surface area contributed by atoms with Crippen LogP contribution in [0.4, 0.5) is 27.6 Å². The Balaban J connectivity index is 1.55. The molecule has 1 aromatic heterocycles. The van der Waals surface area contributed by atoms with E-state index in [4.69, 9.17) is 26.0 Å². The van der Waals surface area contributed by atoms with Gasteiger partial charge in [0.2, 0.25) is 11.7 Å². The largest absolute Gasteiger partial charge is 0.486 e. The fraction of sp³-hybridized carbons (Fsp3) is 0.269. The number of nitrogens with zero attached hydrogens (tertiary/aromatic N) is 3. The third kappa shape index (κ3) is 5.70. The molecule has 0 saturated carbocycles. The number of sulfonamides is 1. The maximum Gasteiger partial charge on any atom is 0.416 e. The van der Waals surface area contributed by atoms with Crippen molar-refractivity contribution >= 4 is 33.3 Å². The summed E-state index contributed by atoms with van der Waals surface area (Å²) in [6.45, 7) is -0.419. The monoisotopic (exact) mass is 631 g/mol. The molecule has 9 nitrogen and oxygen atoms in total. The number of rotatable bonds is 7. The second-order valence-corrected chi connectivity index (χ2v) is 11.7. The fourth-order valence-electron chi connectivity index (χ4n) is 4.45. The first-order chi connectivity index (χ1) is 19.8. The minimum absolute atomic E-state index is 0.00560. The first kappa shape index (κ1) is 29.5. The predicted octanol–water partition coefficient (Wildman–Crippen LogP) is 5.99. The number of hydrogen-bond donors (Lipinski definition) is 1. The average Bonchev–Trinajstić information content (AvgIpc) is 3.43. The van der Waals surface area contributed by atoms with Crippen molar-refractivity contribution in [3.8, 4) is 17.1 Å². The normalized spacial score (nSPS) is 20.8. The Morgan fingerprint density at radius 2 is 1.93 bits per heavy atom. The number of hydrogen-bond acceptors (Lipinski definition) is 7. The number of aliphatic carboxylic acids is 1. The molecule has 0 saturated heterocycles. The Kier molecular flexibility index (Phi) is 7.74. The molecule has 222 valence electrons. The van der Waals surface area contributed by atoms with Crippen LogP contribution < -0.4 is 9.04 Å². The van der Waals surface area contributed by atoms with Gasteiger partial charge in [-0.15, -0.1) is 0 Å². The molecular weight excluding hydrogens is 613 g/mol. The van der Waals surface area contributed by atoms with Crippen LogP contribution in [0.1, 0.15) is 30.2 Å². The lowest BCUT2D eigenvalue weighted by Crippen LogP contribution is -2.43. The topological polar surface area (TPSA) is 123 Å². The first-order valence-corrected chi connectivity index (χ1v) is 14.0. The fourth-order valence-corrected chi connectivity index (χ4v) is 6.26. The van der Waals surface area contributed by atoms with E-state index in [0.717, 1.165) is 34.7 Å². The molecule has 2 heterocycles. The minimum atomic E-state index is -4.81. The highest BCUT2D eigenvalue weighted by Gasteiger charge is 2.39. The zero-order chi connectivity index (χ0) is 30.4. The van der Waals surface area contributed by atoms with Gasteiger partial charge in [0.15, 0.2) is 6.17 Å². The van der Waals surface area contributed by atoms with Crippen LogP contribution >= 0.6 is 11.6 Å². The SMILES string of the molecule is O=C(O)CC[C@H]1CN(S(=O)(=O)c2cccc(C(F)(F)F)c2)c2cc(-c3noc(C4C(Cl)=CC=C(F)C4F)n3)ccc2O1. The van der Waals surface area contributed by atoms with Gasteiger partial charge in [-0.05, 0) is 55.0 Å². The maximum absolute atomic E-state index is 14.5. The van der Waals surface area contributed by atoms with E-state index in [9.17, 15) is 35.2 Å². The Morgan fingerprint density at radius 3 is 2.64 bits per heavy atom. The molecule has 1 aliphatic carbocycles. The number of carbonyl (C=O) groups is 1. The van der Waals surface area contributed by atoms with Crippen molar-refractivity contribution in [3.05, 3.63) is 76.9 Å². The van der Waals surface area contributed by atoms with Gasteiger partial charge in [0, 0.05) is 17.0 Å².